The Labute approximate surface area is 87.7 Å². The largest absolute Gasteiger partial charge is 0.0785 e. The zero-order valence-corrected chi connectivity index (χ0v) is 9.67. The molecular weight excluding hydrogens is 168 g/mol. The van der Waals surface area contributed by atoms with Crippen molar-refractivity contribution in [2.45, 2.75) is 34.1 Å². The molecule has 1 aromatic rings. The number of aryl methyl sites for hydroxylation is 1. The number of hydrogen-bond donors (Lipinski definition) is 0. The third kappa shape index (κ3) is 3.78. The summed E-state index contributed by atoms with van der Waals surface area (Å²) in [6, 6.07) is 8.76. The molecule has 0 saturated heterocycles. The normalized spacial score (nSPS) is 12.3. The summed E-state index contributed by atoms with van der Waals surface area (Å²) in [6.07, 6.45) is 5.55. The van der Waals surface area contributed by atoms with Crippen molar-refractivity contribution in [1.82, 2.24) is 0 Å². The van der Waals surface area contributed by atoms with Gasteiger partial charge in [0.25, 0.3) is 0 Å². The topological polar surface area (TPSA) is 0 Å². The van der Waals surface area contributed by atoms with Gasteiger partial charge in [0.1, 0.15) is 0 Å². The van der Waals surface area contributed by atoms with E-state index in [2.05, 4.69) is 64.1 Å². The Kier molecular flexibility index (Phi) is 3.51. The van der Waals surface area contributed by atoms with Crippen molar-refractivity contribution in [3.8, 4) is 0 Å². The summed E-state index contributed by atoms with van der Waals surface area (Å²) in [5, 5.41) is 0. The molecule has 0 spiro atoms. The highest BCUT2D eigenvalue weighted by atomic mass is 14.1. The summed E-state index contributed by atoms with van der Waals surface area (Å²) < 4.78 is 0. The monoisotopic (exact) mass is 188 g/mol. The van der Waals surface area contributed by atoms with Crippen LogP contribution < -0.4 is 0 Å². The molecule has 0 N–H and O–H groups in total. The first-order valence-electron chi connectivity index (χ1n) is 5.29. The first kappa shape index (κ1) is 11.0. The second kappa shape index (κ2) is 4.45. The number of benzene rings is 1. The average Bonchev–Trinajstić information content (AvgIpc) is 2.14. The van der Waals surface area contributed by atoms with Crippen LogP contribution in [-0.2, 0) is 6.42 Å². The smallest absolute Gasteiger partial charge is 0.0200 e. The average molecular weight is 188 g/mol. The van der Waals surface area contributed by atoms with E-state index in [1.54, 1.807) is 0 Å². The van der Waals surface area contributed by atoms with Crippen LogP contribution >= 0.6 is 0 Å². The van der Waals surface area contributed by atoms with E-state index in [9.17, 15) is 0 Å². The second-order valence-electron chi connectivity index (χ2n) is 4.79. The van der Waals surface area contributed by atoms with Gasteiger partial charge in [0.15, 0.2) is 0 Å². The molecule has 1 aromatic carbocycles. The Bertz CT molecular complexity index is 296. The molecule has 0 heterocycles. The van der Waals surface area contributed by atoms with E-state index in [1.807, 2.05) is 0 Å². The van der Waals surface area contributed by atoms with Gasteiger partial charge in [-0.2, -0.15) is 0 Å². The lowest BCUT2D eigenvalue weighted by Gasteiger charge is -2.10. The van der Waals surface area contributed by atoms with Crippen molar-refractivity contribution >= 4 is 6.08 Å². The molecule has 0 radical (unpaired) electrons. The van der Waals surface area contributed by atoms with Gasteiger partial charge in [-0.3, -0.25) is 0 Å². The maximum Gasteiger partial charge on any atom is -0.0200 e. The minimum Gasteiger partial charge on any atom is -0.0785 e. The standard InChI is InChI=1S/C14H20/c1-5-12-6-8-13(9-7-12)10-11-14(2,3)4/h6-11H,5H2,1-4H3/b11-10+. The van der Waals surface area contributed by atoms with Crippen molar-refractivity contribution in [3.05, 3.63) is 41.5 Å². The van der Waals surface area contributed by atoms with E-state index in [4.69, 9.17) is 0 Å². The maximum absolute atomic E-state index is 2.24. The molecule has 0 amide bonds. The molecule has 0 heteroatoms. The van der Waals surface area contributed by atoms with E-state index < -0.39 is 0 Å². The van der Waals surface area contributed by atoms with Crippen LogP contribution in [0.1, 0.15) is 38.8 Å². The molecule has 0 aliphatic rings. The number of rotatable bonds is 2. The van der Waals surface area contributed by atoms with Gasteiger partial charge >= 0.3 is 0 Å². The van der Waals surface area contributed by atoms with Crippen LogP contribution in [0.3, 0.4) is 0 Å². The van der Waals surface area contributed by atoms with Crippen molar-refractivity contribution in [3.63, 3.8) is 0 Å². The van der Waals surface area contributed by atoms with Gasteiger partial charge in [-0.25, -0.2) is 0 Å². The third-order valence-corrected chi connectivity index (χ3v) is 2.16. The van der Waals surface area contributed by atoms with Crippen molar-refractivity contribution in [1.29, 1.82) is 0 Å². The van der Waals surface area contributed by atoms with Crippen LogP contribution in [-0.4, -0.2) is 0 Å². The maximum atomic E-state index is 2.24. The van der Waals surface area contributed by atoms with Gasteiger partial charge in [0.2, 0.25) is 0 Å². The van der Waals surface area contributed by atoms with Crippen LogP contribution in [0.15, 0.2) is 30.3 Å². The minimum absolute atomic E-state index is 0.267. The van der Waals surface area contributed by atoms with E-state index >= 15 is 0 Å². The van der Waals surface area contributed by atoms with Gasteiger partial charge in [-0.05, 0) is 23.0 Å². The summed E-state index contributed by atoms with van der Waals surface area (Å²) in [6.45, 7) is 8.82. The fourth-order valence-electron chi connectivity index (χ4n) is 1.21. The van der Waals surface area contributed by atoms with Gasteiger partial charge in [-0.15, -0.1) is 0 Å². The quantitative estimate of drug-likeness (QED) is 0.649. The van der Waals surface area contributed by atoms with Gasteiger partial charge in [0.05, 0.1) is 0 Å². The van der Waals surface area contributed by atoms with Gasteiger partial charge < -0.3 is 0 Å². The Morgan fingerprint density at radius 1 is 1.07 bits per heavy atom. The summed E-state index contributed by atoms with van der Waals surface area (Å²) >= 11 is 0. The molecule has 0 unspecified atom stereocenters. The van der Waals surface area contributed by atoms with E-state index in [-0.39, 0.29) is 5.41 Å². The summed E-state index contributed by atoms with van der Waals surface area (Å²) in [4.78, 5) is 0. The van der Waals surface area contributed by atoms with E-state index in [0.29, 0.717) is 0 Å². The Balaban J connectivity index is 2.74. The molecule has 0 fully saturated rings. The van der Waals surface area contributed by atoms with Gasteiger partial charge in [0, 0.05) is 0 Å². The molecule has 1 rings (SSSR count). The van der Waals surface area contributed by atoms with E-state index in [1.165, 1.54) is 11.1 Å². The highest BCUT2D eigenvalue weighted by molar-refractivity contribution is 5.50. The first-order valence-corrected chi connectivity index (χ1v) is 5.29. The summed E-state index contributed by atoms with van der Waals surface area (Å²) in [5.41, 5.74) is 2.96. The Hall–Kier alpha value is -1.04. The van der Waals surface area contributed by atoms with Crippen molar-refractivity contribution in [2.24, 2.45) is 5.41 Å². The molecule has 76 valence electrons. The fourth-order valence-corrected chi connectivity index (χ4v) is 1.21. The lowest BCUT2D eigenvalue weighted by Crippen LogP contribution is -1.97. The molecule has 0 nitrogen and oxygen atoms in total. The highest BCUT2D eigenvalue weighted by Gasteiger charge is 2.02. The first-order chi connectivity index (χ1) is 6.51. The van der Waals surface area contributed by atoms with Crippen LogP contribution in [0.5, 0.6) is 0 Å². The fraction of sp³-hybridized carbons (Fsp3) is 0.429. The molecule has 14 heavy (non-hydrogen) atoms. The highest BCUT2D eigenvalue weighted by Crippen LogP contribution is 2.17. The predicted octanol–water partition coefficient (Wildman–Crippen LogP) is 4.31. The molecule has 0 aliphatic carbocycles. The Morgan fingerprint density at radius 3 is 2.07 bits per heavy atom. The van der Waals surface area contributed by atoms with Crippen LogP contribution in [0.2, 0.25) is 0 Å². The zero-order valence-electron chi connectivity index (χ0n) is 9.67. The third-order valence-electron chi connectivity index (χ3n) is 2.16. The predicted molar refractivity (Wildman–Crippen MR) is 64.3 cm³/mol. The number of allylic oxidation sites excluding steroid dienone is 1. The van der Waals surface area contributed by atoms with Crippen LogP contribution in [0.4, 0.5) is 0 Å². The lowest BCUT2D eigenvalue weighted by molar-refractivity contribution is 0.547. The molecule has 0 aliphatic heterocycles. The summed E-state index contributed by atoms with van der Waals surface area (Å²) in [5.74, 6) is 0. The minimum atomic E-state index is 0.267. The molecule has 0 bridgehead atoms. The lowest BCUT2D eigenvalue weighted by atomic mass is 9.95. The Morgan fingerprint density at radius 2 is 1.64 bits per heavy atom. The summed E-state index contributed by atoms with van der Waals surface area (Å²) in [7, 11) is 0. The molecule has 0 atom stereocenters. The second-order valence-corrected chi connectivity index (χ2v) is 4.79. The number of hydrogen-bond acceptors (Lipinski definition) is 0. The van der Waals surface area contributed by atoms with Crippen LogP contribution in [0, 0.1) is 5.41 Å². The zero-order chi connectivity index (χ0) is 10.6. The van der Waals surface area contributed by atoms with Gasteiger partial charge in [-0.1, -0.05) is 64.1 Å². The molecule has 0 aromatic heterocycles. The van der Waals surface area contributed by atoms with Crippen molar-refractivity contribution in [2.75, 3.05) is 0 Å². The molecule has 0 saturated carbocycles. The molecular formula is C14H20. The van der Waals surface area contributed by atoms with E-state index in [0.717, 1.165) is 6.42 Å². The van der Waals surface area contributed by atoms with Crippen LogP contribution in [0.25, 0.3) is 6.08 Å². The SMILES string of the molecule is CCc1ccc(/C=C/C(C)(C)C)cc1. The van der Waals surface area contributed by atoms with Crippen molar-refractivity contribution < 1.29 is 0 Å².